The number of halogens is 2. The van der Waals surface area contributed by atoms with E-state index < -0.39 is 11.6 Å². The van der Waals surface area contributed by atoms with Gasteiger partial charge in [-0.2, -0.15) is 0 Å². The molecule has 1 aliphatic rings. The summed E-state index contributed by atoms with van der Waals surface area (Å²) in [6.45, 7) is 1.61. The highest BCUT2D eigenvalue weighted by atomic mass is 19.2. The fourth-order valence-corrected chi connectivity index (χ4v) is 3.51. The van der Waals surface area contributed by atoms with E-state index in [-0.39, 0.29) is 0 Å². The Hall–Kier alpha value is -3.26. The molecule has 0 spiro atoms. The molecule has 0 unspecified atom stereocenters. The van der Waals surface area contributed by atoms with E-state index in [1.54, 1.807) is 26.5 Å². The topological polar surface area (TPSA) is 59.5 Å². The number of benzene rings is 2. The number of ether oxygens (including phenoxy) is 2. The third-order valence-electron chi connectivity index (χ3n) is 5.09. The minimum Gasteiger partial charge on any atom is -0.497 e. The minimum absolute atomic E-state index is 0.337. The van der Waals surface area contributed by atoms with Gasteiger partial charge in [-0.05, 0) is 18.2 Å². The van der Waals surface area contributed by atoms with Crippen molar-refractivity contribution in [2.24, 2.45) is 0 Å². The molecule has 8 heteroatoms. The summed E-state index contributed by atoms with van der Waals surface area (Å²) in [4.78, 5) is 11.1. The molecule has 0 amide bonds. The second-order valence-corrected chi connectivity index (χ2v) is 7.03. The smallest absolute Gasteiger partial charge is 0.227 e. The van der Waals surface area contributed by atoms with Crippen molar-refractivity contribution in [3.63, 3.8) is 0 Å². The summed E-state index contributed by atoms with van der Waals surface area (Å²) in [6, 6.07) is 9.70. The second kappa shape index (κ2) is 8.62. The number of nitrogens with one attached hydrogen (secondary N) is 1. The summed E-state index contributed by atoms with van der Waals surface area (Å²) in [6.07, 6.45) is 2.46. The van der Waals surface area contributed by atoms with Gasteiger partial charge in [0.05, 0.1) is 25.6 Å². The Kier molecular flexibility index (Phi) is 5.76. The molecule has 1 aliphatic heterocycles. The average Bonchev–Trinajstić information content (AvgIpc) is 2.77. The van der Waals surface area contributed by atoms with Gasteiger partial charge < -0.3 is 14.8 Å². The number of rotatable bonds is 6. The molecule has 4 rings (SSSR count). The molecular formula is C22H22F2N4O2. The van der Waals surface area contributed by atoms with Gasteiger partial charge in [0, 0.05) is 49.4 Å². The summed E-state index contributed by atoms with van der Waals surface area (Å²) in [5.41, 5.74) is 2.96. The number of aromatic nitrogens is 2. The third-order valence-corrected chi connectivity index (χ3v) is 5.09. The van der Waals surface area contributed by atoms with Crippen LogP contribution in [0.4, 0.5) is 20.4 Å². The Bertz CT molecular complexity index is 1060. The molecule has 3 aromatic rings. The predicted molar refractivity (Wildman–Crippen MR) is 109 cm³/mol. The van der Waals surface area contributed by atoms with Crippen LogP contribution in [0.15, 0.2) is 42.6 Å². The van der Waals surface area contributed by atoms with Gasteiger partial charge in [0.25, 0.3) is 0 Å². The first-order valence-corrected chi connectivity index (χ1v) is 9.56. The SMILES string of the molecule is COc1ccc(OC)c(Nc2ncc3c(n2)CCN(Cc2cccc(F)c2F)C3)c1. The average molecular weight is 412 g/mol. The van der Waals surface area contributed by atoms with E-state index in [1.165, 1.54) is 6.07 Å². The lowest BCUT2D eigenvalue weighted by Crippen LogP contribution is -2.31. The molecule has 2 heterocycles. The number of anilines is 2. The Morgan fingerprint density at radius 1 is 1.13 bits per heavy atom. The summed E-state index contributed by atoms with van der Waals surface area (Å²) in [5, 5.41) is 3.18. The highest BCUT2D eigenvalue weighted by molar-refractivity contribution is 5.65. The van der Waals surface area contributed by atoms with E-state index in [9.17, 15) is 8.78 Å². The third kappa shape index (κ3) is 4.18. The number of hydrogen-bond acceptors (Lipinski definition) is 6. The molecule has 0 saturated carbocycles. The molecule has 1 N–H and O–H groups in total. The van der Waals surface area contributed by atoms with E-state index in [2.05, 4.69) is 20.2 Å². The molecule has 0 saturated heterocycles. The summed E-state index contributed by atoms with van der Waals surface area (Å²) < 4.78 is 38.1. The Morgan fingerprint density at radius 2 is 2.00 bits per heavy atom. The first-order chi connectivity index (χ1) is 14.6. The van der Waals surface area contributed by atoms with Gasteiger partial charge in [0.15, 0.2) is 11.6 Å². The monoisotopic (exact) mass is 412 g/mol. The highest BCUT2D eigenvalue weighted by Crippen LogP contribution is 2.31. The number of hydrogen-bond donors (Lipinski definition) is 1. The number of nitrogens with zero attached hydrogens (tertiary/aromatic N) is 3. The minimum atomic E-state index is -0.822. The summed E-state index contributed by atoms with van der Waals surface area (Å²) in [5.74, 6) is 0.199. The van der Waals surface area contributed by atoms with Crippen molar-refractivity contribution in [2.45, 2.75) is 19.5 Å². The van der Waals surface area contributed by atoms with E-state index in [0.717, 1.165) is 17.3 Å². The van der Waals surface area contributed by atoms with Gasteiger partial charge in [-0.1, -0.05) is 12.1 Å². The normalized spacial score (nSPS) is 13.6. The van der Waals surface area contributed by atoms with Crippen LogP contribution in [-0.2, 0) is 19.5 Å². The van der Waals surface area contributed by atoms with Crippen molar-refractivity contribution < 1.29 is 18.3 Å². The van der Waals surface area contributed by atoms with E-state index in [0.29, 0.717) is 54.8 Å². The predicted octanol–water partition coefficient (Wildman–Crippen LogP) is 4.07. The van der Waals surface area contributed by atoms with Crippen LogP contribution in [-0.4, -0.2) is 35.6 Å². The molecule has 0 aliphatic carbocycles. The summed E-state index contributed by atoms with van der Waals surface area (Å²) >= 11 is 0. The molecule has 156 valence electrons. The van der Waals surface area contributed by atoms with Crippen LogP contribution >= 0.6 is 0 Å². The van der Waals surface area contributed by atoms with Gasteiger partial charge in [-0.15, -0.1) is 0 Å². The van der Waals surface area contributed by atoms with E-state index >= 15 is 0 Å². The Morgan fingerprint density at radius 3 is 2.80 bits per heavy atom. The van der Waals surface area contributed by atoms with Gasteiger partial charge in [0.1, 0.15) is 11.5 Å². The Labute approximate surface area is 173 Å². The van der Waals surface area contributed by atoms with Crippen LogP contribution in [0, 0.1) is 11.6 Å². The van der Waals surface area contributed by atoms with E-state index in [1.807, 2.05) is 18.2 Å². The molecule has 0 atom stereocenters. The first kappa shape index (κ1) is 20.0. The highest BCUT2D eigenvalue weighted by Gasteiger charge is 2.20. The van der Waals surface area contributed by atoms with Crippen LogP contribution < -0.4 is 14.8 Å². The van der Waals surface area contributed by atoms with Crippen LogP contribution in [0.2, 0.25) is 0 Å². The van der Waals surface area contributed by atoms with Crippen molar-refractivity contribution in [3.05, 3.63) is 71.1 Å². The molecule has 2 aromatic carbocycles. The molecular weight excluding hydrogens is 390 g/mol. The van der Waals surface area contributed by atoms with Crippen LogP contribution in [0.25, 0.3) is 0 Å². The zero-order chi connectivity index (χ0) is 21.1. The molecule has 1 aromatic heterocycles. The van der Waals surface area contributed by atoms with Crippen molar-refractivity contribution in [3.8, 4) is 11.5 Å². The molecule has 0 fully saturated rings. The largest absolute Gasteiger partial charge is 0.497 e. The molecule has 30 heavy (non-hydrogen) atoms. The van der Waals surface area contributed by atoms with Crippen molar-refractivity contribution in [2.75, 3.05) is 26.1 Å². The zero-order valence-corrected chi connectivity index (χ0v) is 16.8. The van der Waals surface area contributed by atoms with Gasteiger partial charge >= 0.3 is 0 Å². The van der Waals surface area contributed by atoms with Gasteiger partial charge in [-0.25, -0.2) is 18.7 Å². The van der Waals surface area contributed by atoms with Crippen LogP contribution in [0.1, 0.15) is 16.8 Å². The molecule has 0 bridgehead atoms. The Balaban J connectivity index is 1.49. The summed E-state index contributed by atoms with van der Waals surface area (Å²) in [7, 11) is 3.19. The fraction of sp³-hybridized carbons (Fsp3) is 0.273. The van der Waals surface area contributed by atoms with Crippen molar-refractivity contribution in [1.82, 2.24) is 14.9 Å². The molecule has 0 radical (unpaired) electrons. The first-order valence-electron chi connectivity index (χ1n) is 9.56. The molecule has 6 nitrogen and oxygen atoms in total. The van der Waals surface area contributed by atoms with E-state index in [4.69, 9.17) is 9.47 Å². The number of fused-ring (bicyclic) bond motifs is 1. The lowest BCUT2D eigenvalue weighted by atomic mass is 10.1. The van der Waals surface area contributed by atoms with Crippen LogP contribution in [0.5, 0.6) is 11.5 Å². The lowest BCUT2D eigenvalue weighted by molar-refractivity contribution is 0.238. The van der Waals surface area contributed by atoms with Gasteiger partial charge in [-0.3, -0.25) is 4.90 Å². The second-order valence-electron chi connectivity index (χ2n) is 7.03. The van der Waals surface area contributed by atoms with Gasteiger partial charge in [0.2, 0.25) is 5.95 Å². The maximum absolute atomic E-state index is 14.0. The standard InChI is InChI=1S/C22H22F2N4O2/c1-29-16-6-7-20(30-2)19(10-16)27-22-25-11-15-13-28(9-8-18(15)26-22)12-14-4-3-5-17(23)21(14)24/h3-7,10-11H,8-9,12-13H2,1-2H3,(H,25,26,27). The maximum atomic E-state index is 14.0. The quantitative estimate of drug-likeness (QED) is 0.659. The van der Waals surface area contributed by atoms with Crippen LogP contribution in [0.3, 0.4) is 0 Å². The lowest BCUT2D eigenvalue weighted by Gasteiger charge is -2.28. The van der Waals surface area contributed by atoms with Crippen molar-refractivity contribution in [1.29, 1.82) is 0 Å². The fourth-order valence-electron chi connectivity index (χ4n) is 3.51. The number of methoxy groups -OCH3 is 2. The van der Waals surface area contributed by atoms with Crippen molar-refractivity contribution >= 4 is 11.6 Å². The maximum Gasteiger partial charge on any atom is 0.227 e. The zero-order valence-electron chi connectivity index (χ0n) is 16.8.